The first-order valence-corrected chi connectivity index (χ1v) is 9.57. The van der Waals surface area contributed by atoms with Gasteiger partial charge in [-0.1, -0.05) is 11.6 Å². The number of benzene rings is 1. The van der Waals surface area contributed by atoms with Crippen LogP contribution in [0.5, 0.6) is 0 Å². The monoisotopic (exact) mass is 416 g/mol. The van der Waals surface area contributed by atoms with Gasteiger partial charge in [-0.15, -0.1) is 12.4 Å². The molecule has 1 aromatic rings. The van der Waals surface area contributed by atoms with Gasteiger partial charge in [0.1, 0.15) is 0 Å². The summed E-state index contributed by atoms with van der Waals surface area (Å²) in [7, 11) is 0. The molecule has 0 radical (unpaired) electrons. The number of nitro groups is 1. The van der Waals surface area contributed by atoms with Crippen LogP contribution in [0.2, 0.25) is 5.02 Å². The van der Waals surface area contributed by atoms with Crippen molar-refractivity contribution in [3.8, 4) is 0 Å². The van der Waals surface area contributed by atoms with Crippen molar-refractivity contribution >= 4 is 35.6 Å². The SMILES string of the molecule is Cl.O=C(NCC1CCCN(Cc2ccc(Cl)cc2[N+](=O)[O-])C1)C1CCCN1. The molecule has 7 nitrogen and oxygen atoms in total. The maximum absolute atomic E-state index is 12.1. The van der Waals surface area contributed by atoms with E-state index in [1.165, 1.54) is 6.07 Å². The van der Waals surface area contributed by atoms with Crippen LogP contribution in [-0.4, -0.2) is 48.0 Å². The number of carbonyl (C=O) groups is 1. The highest BCUT2D eigenvalue weighted by atomic mass is 35.5. The Kier molecular flexibility index (Phi) is 8.28. The Hall–Kier alpha value is -1.41. The highest BCUT2D eigenvalue weighted by molar-refractivity contribution is 6.30. The van der Waals surface area contributed by atoms with Crippen LogP contribution >= 0.6 is 24.0 Å². The molecule has 0 aromatic heterocycles. The quantitative estimate of drug-likeness (QED) is 0.549. The molecule has 0 spiro atoms. The zero-order chi connectivity index (χ0) is 18.5. The van der Waals surface area contributed by atoms with Gasteiger partial charge in [0.25, 0.3) is 5.69 Å². The first-order chi connectivity index (χ1) is 12.5. The van der Waals surface area contributed by atoms with Gasteiger partial charge in [0.15, 0.2) is 0 Å². The summed E-state index contributed by atoms with van der Waals surface area (Å²) in [5.74, 6) is 0.466. The number of amides is 1. The van der Waals surface area contributed by atoms with E-state index in [4.69, 9.17) is 11.6 Å². The molecule has 1 amide bonds. The zero-order valence-corrected chi connectivity index (χ0v) is 16.7. The lowest BCUT2D eigenvalue weighted by atomic mass is 9.97. The van der Waals surface area contributed by atoms with Gasteiger partial charge in [0.05, 0.1) is 11.0 Å². The number of rotatable bonds is 6. The molecule has 0 aliphatic carbocycles. The number of nitro benzene ring substituents is 1. The third-order valence-electron chi connectivity index (χ3n) is 5.18. The fourth-order valence-electron chi connectivity index (χ4n) is 3.82. The topological polar surface area (TPSA) is 87.5 Å². The van der Waals surface area contributed by atoms with Gasteiger partial charge in [-0.25, -0.2) is 0 Å². The van der Waals surface area contributed by atoms with Crippen molar-refractivity contribution in [2.45, 2.75) is 38.3 Å². The van der Waals surface area contributed by atoms with Gasteiger partial charge in [0.2, 0.25) is 5.91 Å². The molecule has 0 bridgehead atoms. The lowest BCUT2D eigenvalue weighted by Gasteiger charge is -2.33. The lowest BCUT2D eigenvalue weighted by Crippen LogP contribution is -2.45. The molecule has 27 heavy (non-hydrogen) atoms. The van der Waals surface area contributed by atoms with Crippen molar-refractivity contribution < 1.29 is 9.72 Å². The summed E-state index contributed by atoms with van der Waals surface area (Å²) < 4.78 is 0. The standard InChI is InChI=1S/C18H25ClN4O3.ClH/c19-15-6-5-14(17(9-15)23(25)26)12-22-8-2-3-13(11-22)10-21-18(24)16-4-1-7-20-16;/h5-6,9,13,16,20H,1-4,7-8,10-12H2,(H,21,24);1H. The number of piperidine rings is 1. The van der Waals surface area contributed by atoms with Gasteiger partial charge < -0.3 is 10.6 Å². The normalized spacial score (nSPS) is 22.9. The van der Waals surface area contributed by atoms with E-state index in [1.807, 2.05) is 0 Å². The molecule has 1 aromatic carbocycles. The van der Waals surface area contributed by atoms with E-state index in [-0.39, 0.29) is 35.0 Å². The van der Waals surface area contributed by atoms with Crippen LogP contribution in [0.15, 0.2) is 18.2 Å². The summed E-state index contributed by atoms with van der Waals surface area (Å²) >= 11 is 5.89. The van der Waals surface area contributed by atoms with Crippen LogP contribution in [0.4, 0.5) is 5.69 Å². The molecule has 2 aliphatic heterocycles. The number of nitrogens with one attached hydrogen (secondary N) is 2. The third-order valence-corrected chi connectivity index (χ3v) is 5.42. The van der Waals surface area contributed by atoms with Crippen molar-refractivity contribution in [2.75, 3.05) is 26.2 Å². The number of hydrogen-bond donors (Lipinski definition) is 2. The highest BCUT2D eigenvalue weighted by Crippen LogP contribution is 2.26. The predicted octanol–water partition coefficient (Wildman–Crippen LogP) is 2.75. The fourth-order valence-corrected chi connectivity index (χ4v) is 3.99. The molecule has 0 saturated carbocycles. The first kappa shape index (κ1) is 21.9. The molecule has 2 fully saturated rings. The average molecular weight is 417 g/mol. The van der Waals surface area contributed by atoms with E-state index in [0.717, 1.165) is 45.3 Å². The third kappa shape index (κ3) is 6.04. The zero-order valence-electron chi connectivity index (χ0n) is 15.2. The van der Waals surface area contributed by atoms with E-state index >= 15 is 0 Å². The molecule has 2 N–H and O–H groups in total. The second-order valence-electron chi connectivity index (χ2n) is 7.17. The minimum atomic E-state index is -0.378. The molecular formula is C18H26Cl2N4O3. The number of carbonyl (C=O) groups excluding carboxylic acids is 1. The van der Waals surface area contributed by atoms with Gasteiger partial charge in [-0.2, -0.15) is 0 Å². The van der Waals surface area contributed by atoms with Gasteiger partial charge >= 0.3 is 0 Å². The molecule has 3 rings (SSSR count). The summed E-state index contributed by atoms with van der Waals surface area (Å²) in [6.45, 7) is 3.85. The number of halogens is 2. The van der Waals surface area contributed by atoms with Crippen molar-refractivity contribution in [1.29, 1.82) is 0 Å². The molecule has 2 heterocycles. The fraction of sp³-hybridized carbons (Fsp3) is 0.611. The number of hydrogen-bond acceptors (Lipinski definition) is 5. The summed E-state index contributed by atoms with van der Waals surface area (Å²) in [6, 6.07) is 4.79. The summed E-state index contributed by atoms with van der Waals surface area (Å²) in [4.78, 5) is 25.2. The predicted molar refractivity (Wildman–Crippen MR) is 107 cm³/mol. The van der Waals surface area contributed by atoms with Gasteiger partial charge in [0, 0.05) is 36.3 Å². The van der Waals surface area contributed by atoms with Crippen molar-refractivity contribution in [3.63, 3.8) is 0 Å². The maximum atomic E-state index is 12.1. The van der Waals surface area contributed by atoms with Crippen LogP contribution in [0.3, 0.4) is 0 Å². The Balaban J connectivity index is 0.00000261. The van der Waals surface area contributed by atoms with Crippen molar-refractivity contribution in [2.24, 2.45) is 5.92 Å². The number of nitrogens with zero attached hydrogens (tertiary/aromatic N) is 2. The van der Waals surface area contributed by atoms with E-state index in [0.29, 0.717) is 29.6 Å². The first-order valence-electron chi connectivity index (χ1n) is 9.19. The Morgan fingerprint density at radius 3 is 2.89 bits per heavy atom. The Labute approximate surface area is 170 Å². The van der Waals surface area contributed by atoms with E-state index in [1.54, 1.807) is 12.1 Å². The van der Waals surface area contributed by atoms with E-state index < -0.39 is 0 Å². The molecule has 9 heteroatoms. The largest absolute Gasteiger partial charge is 0.354 e. The van der Waals surface area contributed by atoms with Crippen molar-refractivity contribution in [1.82, 2.24) is 15.5 Å². The molecular weight excluding hydrogens is 391 g/mol. The smallest absolute Gasteiger partial charge is 0.275 e. The maximum Gasteiger partial charge on any atom is 0.275 e. The summed E-state index contributed by atoms with van der Waals surface area (Å²) in [5.41, 5.74) is 0.750. The van der Waals surface area contributed by atoms with Crippen LogP contribution in [0.25, 0.3) is 0 Å². The number of likely N-dealkylation sites (tertiary alicyclic amines) is 1. The van der Waals surface area contributed by atoms with E-state index in [2.05, 4.69) is 15.5 Å². The lowest BCUT2D eigenvalue weighted by molar-refractivity contribution is -0.385. The summed E-state index contributed by atoms with van der Waals surface area (Å²) in [6.07, 6.45) is 4.05. The Bertz CT molecular complexity index is 668. The van der Waals surface area contributed by atoms with Crippen LogP contribution < -0.4 is 10.6 Å². The molecule has 2 saturated heterocycles. The van der Waals surface area contributed by atoms with Gasteiger partial charge in [-0.3, -0.25) is 19.8 Å². The second kappa shape index (κ2) is 10.2. The Morgan fingerprint density at radius 2 is 2.19 bits per heavy atom. The molecule has 150 valence electrons. The van der Waals surface area contributed by atoms with Crippen LogP contribution in [0, 0.1) is 16.0 Å². The molecule has 2 aliphatic rings. The van der Waals surface area contributed by atoms with E-state index in [9.17, 15) is 14.9 Å². The Morgan fingerprint density at radius 1 is 1.37 bits per heavy atom. The highest BCUT2D eigenvalue weighted by Gasteiger charge is 2.25. The van der Waals surface area contributed by atoms with Crippen molar-refractivity contribution in [3.05, 3.63) is 38.9 Å². The molecule has 2 atom stereocenters. The summed E-state index contributed by atoms with van der Waals surface area (Å²) in [5, 5.41) is 17.9. The van der Waals surface area contributed by atoms with Gasteiger partial charge in [-0.05, 0) is 56.8 Å². The minimum absolute atomic E-state index is 0. The second-order valence-corrected chi connectivity index (χ2v) is 7.60. The van der Waals surface area contributed by atoms with Crippen LogP contribution in [0.1, 0.15) is 31.2 Å². The minimum Gasteiger partial charge on any atom is -0.354 e. The average Bonchev–Trinajstić information content (AvgIpc) is 3.16. The molecule has 2 unspecified atom stereocenters. The van der Waals surface area contributed by atoms with Crippen LogP contribution in [-0.2, 0) is 11.3 Å².